The average Bonchev–Trinajstić information content (AvgIpc) is 2.69. The van der Waals surface area contributed by atoms with Crippen molar-refractivity contribution < 1.29 is 46.8 Å². The van der Waals surface area contributed by atoms with E-state index in [1.807, 2.05) is 0 Å². The van der Waals surface area contributed by atoms with E-state index in [0.29, 0.717) is 38.9 Å². The Hall–Kier alpha value is -1.31. The summed E-state index contributed by atoms with van der Waals surface area (Å²) in [7, 11) is 0. The molecule has 0 unspecified atom stereocenters. The average molecular weight is 490 g/mol. The van der Waals surface area contributed by atoms with E-state index in [1.165, 1.54) is 0 Å². The second kappa shape index (κ2) is 26.7. The van der Waals surface area contributed by atoms with Crippen molar-refractivity contribution in [1.82, 2.24) is 0 Å². The van der Waals surface area contributed by atoms with Gasteiger partial charge in [0, 0.05) is 18.1 Å². The van der Waals surface area contributed by atoms with Gasteiger partial charge in [-0.2, -0.15) is 0 Å². The smallest absolute Gasteiger partial charge is 0.548 e. The van der Waals surface area contributed by atoms with Crippen molar-refractivity contribution >= 4 is 17.9 Å². The summed E-state index contributed by atoms with van der Waals surface area (Å²) in [5, 5.41) is 30.1. The number of hydrogen-bond acceptors (Lipinski definition) is 12. The van der Waals surface area contributed by atoms with Gasteiger partial charge in [0.05, 0.1) is 17.9 Å². The summed E-state index contributed by atoms with van der Waals surface area (Å²) in [6, 6.07) is -2.48. The van der Waals surface area contributed by atoms with E-state index < -0.39 is 36.0 Å². The third-order valence-electron chi connectivity index (χ3n) is 3.82. The molecule has 31 heavy (non-hydrogen) atoms. The number of carboxylic acids is 3. The maximum Gasteiger partial charge on any atom is 3.00 e. The molecule has 0 amide bonds. The van der Waals surface area contributed by atoms with Crippen LogP contribution in [0, 0.1) is 0 Å². The largest absolute Gasteiger partial charge is 3.00 e. The molecule has 0 radical (unpaired) electrons. The molecule has 0 fully saturated rings. The molecule has 3 atom stereocenters. The predicted octanol–water partition coefficient (Wildman–Crippen LogP) is -5.42. The molecule has 0 aromatic heterocycles. The number of aliphatic carboxylic acids is 3. The first-order valence-corrected chi connectivity index (χ1v) is 10.0. The zero-order chi connectivity index (χ0) is 23.9. The van der Waals surface area contributed by atoms with Gasteiger partial charge in [-0.25, -0.2) is 0 Å². The molecule has 0 saturated heterocycles. The maximum absolute atomic E-state index is 10.0. The van der Waals surface area contributed by atoms with Crippen molar-refractivity contribution in [2.45, 2.75) is 75.9 Å². The van der Waals surface area contributed by atoms with E-state index in [-0.39, 0.29) is 17.1 Å². The summed E-state index contributed by atoms with van der Waals surface area (Å²) in [5.41, 5.74) is 31.0. The molecule has 0 aliphatic carbocycles. The minimum Gasteiger partial charge on any atom is -0.548 e. The van der Waals surface area contributed by atoms with Crippen LogP contribution >= 0.6 is 0 Å². The van der Waals surface area contributed by atoms with Crippen LogP contribution in [0.25, 0.3) is 0 Å². The third-order valence-corrected chi connectivity index (χ3v) is 3.82. The van der Waals surface area contributed by atoms with E-state index in [2.05, 4.69) is 0 Å². The van der Waals surface area contributed by atoms with Crippen LogP contribution in [0.2, 0.25) is 0 Å². The predicted molar refractivity (Wildman–Crippen MR) is 108 cm³/mol. The first kappa shape index (κ1) is 37.0. The van der Waals surface area contributed by atoms with Crippen LogP contribution in [0.3, 0.4) is 0 Å². The fourth-order valence-corrected chi connectivity index (χ4v) is 1.88. The Labute approximate surface area is 194 Å². The topological polar surface area (TPSA) is 277 Å². The molecule has 0 bridgehead atoms. The van der Waals surface area contributed by atoms with Crippen molar-refractivity contribution in [2.24, 2.45) is 34.4 Å². The van der Waals surface area contributed by atoms with Gasteiger partial charge in [0.1, 0.15) is 0 Å². The normalized spacial score (nSPS) is 12.6. The molecular formula is C18H39MnN6O6. The second-order valence-electron chi connectivity index (χ2n) is 6.63. The van der Waals surface area contributed by atoms with Crippen molar-refractivity contribution in [2.75, 3.05) is 19.6 Å². The molecule has 0 aromatic rings. The Morgan fingerprint density at radius 3 is 0.839 bits per heavy atom. The van der Waals surface area contributed by atoms with E-state index in [0.717, 1.165) is 38.5 Å². The molecule has 184 valence electrons. The van der Waals surface area contributed by atoms with Crippen LogP contribution in [0.15, 0.2) is 0 Å². The zero-order valence-corrected chi connectivity index (χ0v) is 19.2. The Balaban J connectivity index is -0.000000174. The quantitative estimate of drug-likeness (QED) is 0.0926. The molecule has 0 saturated carbocycles. The fraction of sp³-hybridized carbons (Fsp3) is 0.833. The number of carbonyl (C=O) groups excluding carboxylic acids is 3. The van der Waals surface area contributed by atoms with E-state index >= 15 is 0 Å². The molecule has 13 heteroatoms. The minimum absolute atomic E-state index is 0. The van der Waals surface area contributed by atoms with Crippen LogP contribution in [0.4, 0.5) is 0 Å². The summed E-state index contributed by atoms with van der Waals surface area (Å²) in [6.45, 7) is 1.75. The van der Waals surface area contributed by atoms with Crippen molar-refractivity contribution in [3.8, 4) is 0 Å². The second-order valence-corrected chi connectivity index (χ2v) is 6.63. The summed E-state index contributed by atoms with van der Waals surface area (Å²) in [6.07, 6.45) is 6.10. The van der Waals surface area contributed by atoms with Gasteiger partial charge in [-0.05, 0) is 58.2 Å². The van der Waals surface area contributed by atoms with Crippen LogP contribution in [0.1, 0.15) is 57.8 Å². The van der Waals surface area contributed by atoms with Gasteiger partial charge >= 0.3 is 17.1 Å². The van der Waals surface area contributed by atoms with Crippen LogP contribution in [-0.4, -0.2) is 55.7 Å². The number of hydrogen-bond donors (Lipinski definition) is 6. The summed E-state index contributed by atoms with van der Waals surface area (Å²) in [4.78, 5) is 30.1. The molecule has 0 aliphatic rings. The van der Waals surface area contributed by atoms with Gasteiger partial charge in [-0.1, -0.05) is 19.3 Å². The van der Waals surface area contributed by atoms with Gasteiger partial charge in [0.25, 0.3) is 0 Å². The molecule has 0 aromatic carbocycles. The molecule has 0 aliphatic heterocycles. The fourth-order valence-electron chi connectivity index (χ4n) is 1.88. The number of nitrogens with two attached hydrogens (primary N) is 6. The first-order chi connectivity index (χ1) is 14.0. The van der Waals surface area contributed by atoms with Gasteiger partial charge < -0.3 is 64.1 Å². The van der Waals surface area contributed by atoms with Gasteiger partial charge in [0.2, 0.25) is 0 Å². The van der Waals surface area contributed by atoms with Crippen LogP contribution in [0.5, 0.6) is 0 Å². The summed E-state index contributed by atoms with van der Waals surface area (Å²) < 4.78 is 0. The van der Waals surface area contributed by atoms with E-state index in [4.69, 9.17) is 34.4 Å². The van der Waals surface area contributed by atoms with Gasteiger partial charge in [-0.3, -0.25) is 0 Å². The van der Waals surface area contributed by atoms with Crippen LogP contribution in [-0.2, 0) is 31.5 Å². The first-order valence-electron chi connectivity index (χ1n) is 10.0. The molecule has 12 N–H and O–H groups in total. The number of carboxylic acid groups (broad SMARTS) is 3. The Morgan fingerprint density at radius 1 is 0.516 bits per heavy atom. The monoisotopic (exact) mass is 490 g/mol. The Kier molecular flexibility index (Phi) is 31.9. The molecule has 12 nitrogen and oxygen atoms in total. The number of carbonyl (C=O) groups is 3. The maximum atomic E-state index is 10.0. The SMILES string of the molecule is NCCCC[C@H](N)C(=O)[O-].NCCCC[C@H](N)C(=O)[O-].NCCCC[C@H](N)C(=O)[O-].[Mn+3]. The Morgan fingerprint density at radius 2 is 0.710 bits per heavy atom. The number of rotatable bonds is 15. The van der Waals surface area contributed by atoms with Gasteiger partial charge in [0.15, 0.2) is 0 Å². The molecule has 0 rings (SSSR count). The van der Waals surface area contributed by atoms with Crippen LogP contribution < -0.4 is 49.7 Å². The van der Waals surface area contributed by atoms with Gasteiger partial charge in [-0.15, -0.1) is 0 Å². The molecule has 0 heterocycles. The summed E-state index contributed by atoms with van der Waals surface area (Å²) >= 11 is 0. The van der Waals surface area contributed by atoms with E-state index in [1.54, 1.807) is 0 Å². The van der Waals surface area contributed by atoms with E-state index in [9.17, 15) is 29.7 Å². The standard InChI is InChI=1S/3C6H14N2O2.Mn/c3*7-4-2-1-3-5(8)6(9)10;/h3*5H,1-4,7-8H2,(H,9,10);/q;;;+3/p-3/t3*5-;/m000./s1. The third kappa shape index (κ3) is 31.0. The Bertz CT molecular complexity index is 386. The van der Waals surface area contributed by atoms with Crippen molar-refractivity contribution in [3.63, 3.8) is 0 Å². The number of unbranched alkanes of at least 4 members (excludes halogenated alkanes) is 3. The molecule has 0 spiro atoms. The van der Waals surface area contributed by atoms with Crippen molar-refractivity contribution in [3.05, 3.63) is 0 Å². The summed E-state index contributed by atoms with van der Waals surface area (Å²) in [5.74, 6) is -3.55. The molecular weight excluding hydrogens is 451 g/mol. The van der Waals surface area contributed by atoms with Crippen molar-refractivity contribution in [1.29, 1.82) is 0 Å². The minimum atomic E-state index is -1.18. The zero-order valence-electron chi connectivity index (χ0n) is 18.0.